The van der Waals surface area contributed by atoms with Crippen molar-refractivity contribution >= 4 is 23.1 Å². The number of amides is 1. The van der Waals surface area contributed by atoms with E-state index in [0.29, 0.717) is 18.7 Å². The molecule has 0 spiro atoms. The highest BCUT2D eigenvalue weighted by Crippen LogP contribution is 2.20. The maximum absolute atomic E-state index is 13.4. The van der Waals surface area contributed by atoms with Gasteiger partial charge in [0.25, 0.3) is 0 Å². The average Bonchev–Trinajstić information content (AvgIpc) is 2.72. The summed E-state index contributed by atoms with van der Waals surface area (Å²) in [6.07, 6.45) is 0. The zero-order valence-corrected chi connectivity index (χ0v) is 16.9. The maximum atomic E-state index is 13.4. The highest BCUT2D eigenvalue weighted by molar-refractivity contribution is 6.27. The minimum Gasteiger partial charge on any atom is -0.310 e. The Morgan fingerprint density at radius 2 is 1.43 bits per heavy atom. The summed E-state index contributed by atoms with van der Waals surface area (Å²) in [6, 6.07) is 18.3. The number of rotatable bonds is 10. The Hall–Kier alpha value is -2.79. The van der Waals surface area contributed by atoms with Gasteiger partial charge in [0, 0.05) is 18.8 Å². The van der Waals surface area contributed by atoms with E-state index in [2.05, 4.69) is 18.7 Å². The highest BCUT2D eigenvalue weighted by Gasteiger charge is 2.33. The third-order valence-electron chi connectivity index (χ3n) is 4.90. The number of carbonyl (C=O) groups is 2. The lowest BCUT2D eigenvalue weighted by atomic mass is 9.92. The van der Waals surface area contributed by atoms with E-state index in [1.807, 2.05) is 36.4 Å². The third kappa shape index (κ3) is 5.36. The molecule has 0 aliphatic carbocycles. The van der Waals surface area contributed by atoms with Crippen LogP contribution in [0.3, 0.4) is 0 Å². The number of nitrogens with one attached hydrogen (secondary N) is 1. The average molecular weight is 380 g/mol. The molecule has 0 fully saturated rings. The zero-order valence-electron chi connectivity index (χ0n) is 16.9. The molecule has 0 heterocycles. The van der Waals surface area contributed by atoms with E-state index in [1.54, 1.807) is 29.2 Å². The number of para-hydroxylation sites is 1. The molecule has 28 heavy (non-hydrogen) atoms. The Bertz CT molecular complexity index is 786. The van der Waals surface area contributed by atoms with E-state index in [0.717, 1.165) is 18.8 Å². The van der Waals surface area contributed by atoms with E-state index in [9.17, 15) is 9.59 Å². The first kappa shape index (κ1) is 21.5. The van der Waals surface area contributed by atoms with Crippen molar-refractivity contribution in [2.75, 3.05) is 31.1 Å². The van der Waals surface area contributed by atoms with Gasteiger partial charge in [-0.2, -0.15) is 0 Å². The highest BCUT2D eigenvalue weighted by atomic mass is 16.2. The van der Waals surface area contributed by atoms with Crippen molar-refractivity contribution in [3.05, 3.63) is 66.2 Å². The predicted molar refractivity (Wildman–Crippen MR) is 114 cm³/mol. The molecular weight excluding hydrogens is 350 g/mol. The van der Waals surface area contributed by atoms with E-state index in [-0.39, 0.29) is 17.4 Å². The Labute approximate surface area is 167 Å². The Morgan fingerprint density at radius 3 is 1.93 bits per heavy atom. The van der Waals surface area contributed by atoms with Gasteiger partial charge in [-0.3, -0.25) is 9.59 Å². The van der Waals surface area contributed by atoms with Crippen LogP contribution in [0.15, 0.2) is 60.7 Å². The fraction of sp³-hybridized carbons (Fsp3) is 0.348. The van der Waals surface area contributed by atoms with Gasteiger partial charge in [0.05, 0.1) is 5.71 Å². The second-order valence-corrected chi connectivity index (χ2v) is 6.68. The quantitative estimate of drug-likeness (QED) is 0.506. The molecule has 0 aromatic heterocycles. The predicted octanol–water partition coefficient (Wildman–Crippen LogP) is 3.63. The lowest BCUT2D eigenvalue weighted by molar-refractivity contribution is -0.128. The molecule has 1 atom stereocenters. The third-order valence-corrected chi connectivity index (χ3v) is 4.90. The molecule has 2 aromatic rings. The van der Waals surface area contributed by atoms with Crippen LogP contribution in [-0.2, 0) is 9.59 Å². The summed E-state index contributed by atoms with van der Waals surface area (Å²) in [7, 11) is 0. The summed E-state index contributed by atoms with van der Waals surface area (Å²) in [5, 5.41) is 8.51. The summed E-state index contributed by atoms with van der Waals surface area (Å²) in [4.78, 5) is 29.7. The van der Waals surface area contributed by atoms with Crippen molar-refractivity contribution in [1.82, 2.24) is 4.90 Å². The first-order valence-electron chi connectivity index (χ1n) is 9.72. The topological polar surface area (TPSA) is 64.5 Å². The van der Waals surface area contributed by atoms with Gasteiger partial charge in [-0.25, -0.2) is 0 Å². The maximum Gasteiger partial charge on any atom is 0.243 e. The van der Waals surface area contributed by atoms with Gasteiger partial charge in [-0.05, 0) is 37.7 Å². The van der Waals surface area contributed by atoms with Gasteiger partial charge < -0.3 is 15.2 Å². The molecule has 1 unspecified atom stereocenters. The van der Waals surface area contributed by atoms with Crippen LogP contribution < -0.4 is 4.90 Å². The first-order chi connectivity index (χ1) is 13.5. The molecule has 0 bridgehead atoms. The van der Waals surface area contributed by atoms with Crippen LogP contribution in [0.1, 0.15) is 26.3 Å². The van der Waals surface area contributed by atoms with Crippen LogP contribution in [0.5, 0.6) is 0 Å². The fourth-order valence-electron chi connectivity index (χ4n) is 3.20. The van der Waals surface area contributed by atoms with Crippen LogP contribution in [0.2, 0.25) is 0 Å². The van der Waals surface area contributed by atoms with Crippen molar-refractivity contribution in [3.8, 4) is 0 Å². The summed E-state index contributed by atoms with van der Waals surface area (Å²) in [5.74, 6) is -1.78. The van der Waals surface area contributed by atoms with Crippen LogP contribution in [0.25, 0.3) is 0 Å². The van der Waals surface area contributed by atoms with Gasteiger partial charge in [0.15, 0.2) is 0 Å². The zero-order chi connectivity index (χ0) is 20.5. The lowest BCUT2D eigenvalue weighted by Crippen LogP contribution is -2.46. The normalized spacial score (nSPS) is 11.9. The molecule has 0 aliphatic heterocycles. The minimum atomic E-state index is -1.11. The van der Waals surface area contributed by atoms with Gasteiger partial charge >= 0.3 is 0 Å². The van der Waals surface area contributed by atoms with Crippen LogP contribution >= 0.6 is 0 Å². The molecule has 5 heteroatoms. The molecule has 1 amide bonds. The molecule has 0 saturated heterocycles. The van der Waals surface area contributed by atoms with E-state index in [1.165, 1.54) is 6.92 Å². The molecule has 2 rings (SSSR count). The van der Waals surface area contributed by atoms with E-state index in [4.69, 9.17) is 5.41 Å². The molecule has 0 saturated carbocycles. The van der Waals surface area contributed by atoms with Crippen LogP contribution in [0.4, 0.5) is 5.69 Å². The molecule has 0 radical (unpaired) electrons. The Balaban J connectivity index is 2.34. The van der Waals surface area contributed by atoms with Crippen molar-refractivity contribution in [1.29, 1.82) is 5.41 Å². The molecule has 0 aliphatic rings. The van der Waals surface area contributed by atoms with E-state index >= 15 is 0 Å². The monoisotopic (exact) mass is 379 g/mol. The summed E-state index contributed by atoms with van der Waals surface area (Å²) in [5.41, 5.74) is 1.38. The van der Waals surface area contributed by atoms with Crippen molar-refractivity contribution < 1.29 is 9.59 Å². The number of hydrogen-bond acceptors (Lipinski definition) is 4. The molecule has 1 N–H and O–H groups in total. The van der Waals surface area contributed by atoms with Gasteiger partial charge in [0.1, 0.15) is 11.7 Å². The number of likely N-dealkylation sites (N-methyl/N-ethyl adjacent to an activating group) is 1. The lowest BCUT2D eigenvalue weighted by Gasteiger charge is -2.29. The SMILES string of the molecule is CCN(CC)CCN(C(=O)C(C(=N)c1ccccc1)C(C)=O)c1ccccc1. The van der Waals surface area contributed by atoms with Gasteiger partial charge in [-0.15, -0.1) is 0 Å². The van der Waals surface area contributed by atoms with Gasteiger partial charge in [-0.1, -0.05) is 62.4 Å². The number of nitrogens with zero attached hydrogens (tertiary/aromatic N) is 2. The first-order valence-corrected chi connectivity index (χ1v) is 9.72. The van der Waals surface area contributed by atoms with Crippen molar-refractivity contribution in [2.45, 2.75) is 20.8 Å². The van der Waals surface area contributed by atoms with E-state index < -0.39 is 5.92 Å². The van der Waals surface area contributed by atoms with Crippen molar-refractivity contribution in [2.24, 2.45) is 5.92 Å². The van der Waals surface area contributed by atoms with Gasteiger partial charge in [0.2, 0.25) is 5.91 Å². The van der Waals surface area contributed by atoms with Crippen LogP contribution in [0, 0.1) is 11.3 Å². The fourth-order valence-corrected chi connectivity index (χ4v) is 3.20. The molecule has 5 nitrogen and oxygen atoms in total. The standard InChI is InChI=1S/C23H29N3O2/c1-4-25(5-2)16-17-26(20-14-10-7-11-15-20)23(28)21(18(3)27)22(24)19-12-8-6-9-13-19/h6-15,21,24H,4-5,16-17H2,1-3H3. The smallest absolute Gasteiger partial charge is 0.243 e. The van der Waals surface area contributed by atoms with Crippen LogP contribution in [-0.4, -0.2) is 48.5 Å². The Morgan fingerprint density at radius 1 is 0.893 bits per heavy atom. The number of hydrogen-bond donors (Lipinski definition) is 1. The second-order valence-electron chi connectivity index (χ2n) is 6.68. The number of Topliss-reactive ketones (excluding diaryl/α,β-unsaturated/α-hetero) is 1. The number of anilines is 1. The Kier molecular flexibility index (Phi) is 8.08. The minimum absolute atomic E-state index is 0.0434. The van der Waals surface area contributed by atoms with Crippen molar-refractivity contribution in [3.63, 3.8) is 0 Å². The second kappa shape index (κ2) is 10.5. The summed E-state index contributed by atoms with van der Waals surface area (Å²) in [6.45, 7) is 8.51. The number of benzene rings is 2. The molecule has 2 aromatic carbocycles. The largest absolute Gasteiger partial charge is 0.310 e. The number of carbonyl (C=O) groups excluding carboxylic acids is 2. The molecule has 148 valence electrons. The molecular formula is C23H29N3O2. The summed E-state index contributed by atoms with van der Waals surface area (Å²) < 4.78 is 0. The number of ketones is 1. The summed E-state index contributed by atoms with van der Waals surface area (Å²) >= 11 is 0.